The summed E-state index contributed by atoms with van der Waals surface area (Å²) in [6.07, 6.45) is 3.10. The highest BCUT2D eigenvalue weighted by atomic mass is 16.5. The van der Waals surface area contributed by atoms with Gasteiger partial charge in [-0.1, -0.05) is 6.07 Å². The summed E-state index contributed by atoms with van der Waals surface area (Å²) in [5, 5.41) is 2.77. The van der Waals surface area contributed by atoms with Gasteiger partial charge in [-0.2, -0.15) is 0 Å². The molecule has 2 rings (SSSR count). The lowest BCUT2D eigenvalue weighted by Crippen LogP contribution is -2.14. The Balaban J connectivity index is 2.26. The van der Waals surface area contributed by atoms with E-state index in [1.165, 1.54) is 7.11 Å². The molecular weight excluding hydrogens is 256 g/mol. The number of anilines is 1. The van der Waals surface area contributed by atoms with Crippen LogP contribution in [0.1, 0.15) is 26.3 Å². The second-order valence-electron chi connectivity index (χ2n) is 4.16. The molecule has 0 aliphatic heterocycles. The Morgan fingerprint density at radius 1 is 1.15 bits per heavy atom. The molecule has 20 heavy (non-hydrogen) atoms. The largest absolute Gasteiger partial charge is 0.465 e. The van der Waals surface area contributed by atoms with Gasteiger partial charge in [-0.3, -0.25) is 9.78 Å². The number of nitrogens with zero attached hydrogens (tertiary/aromatic N) is 1. The number of nitrogens with one attached hydrogen (secondary N) is 1. The number of aromatic nitrogens is 1. The van der Waals surface area contributed by atoms with Gasteiger partial charge in [0.2, 0.25) is 0 Å². The first kappa shape index (κ1) is 13.7. The van der Waals surface area contributed by atoms with Gasteiger partial charge in [0.25, 0.3) is 5.91 Å². The third kappa shape index (κ3) is 2.83. The molecule has 0 bridgehead atoms. The van der Waals surface area contributed by atoms with E-state index < -0.39 is 5.97 Å². The minimum atomic E-state index is -0.428. The van der Waals surface area contributed by atoms with Crippen molar-refractivity contribution in [3.05, 3.63) is 59.4 Å². The molecule has 0 fully saturated rings. The normalized spacial score (nSPS) is 9.90. The van der Waals surface area contributed by atoms with Crippen LogP contribution >= 0.6 is 0 Å². The molecule has 102 valence electrons. The number of methoxy groups -OCH3 is 1. The highest BCUT2D eigenvalue weighted by molar-refractivity contribution is 6.05. The number of pyridine rings is 1. The number of carbonyl (C=O) groups is 2. The Morgan fingerprint density at radius 3 is 2.50 bits per heavy atom. The van der Waals surface area contributed by atoms with Crippen LogP contribution in [0.2, 0.25) is 0 Å². The van der Waals surface area contributed by atoms with Gasteiger partial charge < -0.3 is 10.1 Å². The molecule has 0 saturated heterocycles. The standard InChI is InChI=1S/C15H14N2O3/c1-10-12(15(19)20-2)4-3-5-13(10)17-14(18)11-6-8-16-9-7-11/h3-9H,1-2H3,(H,17,18). The fraction of sp³-hybridized carbons (Fsp3) is 0.133. The van der Waals surface area contributed by atoms with Crippen LogP contribution in [0.3, 0.4) is 0 Å². The topological polar surface area (TPSA) is 68.3 Å². The van der Waals surface area contributed by atoms with E-state index in [1.807, 2.05) is 0 Å². The lowest BCUT2D eigenvalue weighted by atomic mass is 10.1. The van der Waals surface area contributed by atoms with E-state index in [-0.39, 0.29) is 5.91 Å². The average Bonchev–Trinajstić information content (AvgIpc) is 2.49. The molecule has 2 aromatic rings. The van der Waals surface area contributed by atoms with Crippen molar-refractivity contribution in [2.75, 3.05) is 12.4 Å². The van der Waals surface area contributed by atoms with Gasteiger partial charge in [-0.15, -0.1) is 0 Å². The summed E-state index contributed by atoms with van der Waals surface area (Å²) in [6, 6.07) is 8.33. The number of benzene rings is 1. The summed E-state index contributed by atoms with van der Waals surface area (Å²) in [5.74, 6) is -0.681. The van der Waals surface area contributed by atoms with Gasteiger partial charge in [0.1, 0.15) is 0 Å². The number of amides is 1. The Morgan fingerprint density at radius 2 is 1.85 bits per heavy atom. The van der Waals surface area contributed by atoms with Crippen molar-refractivity contribution in [1.82, 2.24) is 4.98 Å². The van der Waals surface area contributed by atoms with E-state index in [2.05, 4.69) is 10.3 Å². The van der Waals surface area contributed by atoms with Crippen molar-refractivity contribution in [3.8, 4) is 0 Å². The smallest absolute Gasteiger partial charge is 0.338 e. The minimum Gasteiger partial charge on any atom is -0.465 e. The number of carbonyl (C=O) groups excluding carboxylic acids is 2. The van der Waals surface area contributed by atoms with Gasteiger partial charge in [0, 0.05) is 23.6 Å². The number of ether oxygens (including phenoxy) is 1. The first-order valence-electron chi connectivity index (χ1n) is 6.03. The maximum absolute atomic E-state index is 12.1. The van der Waals surface area contributed by atoms with E-state index in [1.54, 1.807) is 49.6 Å². The van der Waals surface area contributed by atoms with Gasteiger partial charge in [-0.05, 0) is 36.8 Å². The first-order valence-corrected chi connectivity index (χ1v) is 6.03. The lowest BCUT2D eigenvalue weighted by molar-refractivity contribution is 0.0599. The molecule has 5 heteroatoms. The fourth-order valence-corrected chi connectivity index (χ4v) is 1.80. The van der Waals surface area contributed by atoms with E-state index in [0.717, 1.165) is 0 Å². The van der Waals surface area contributed by atoms with Crippen LogP contribution in [0.15, 0.2) is 42.7 Å². The maximum atomic E-state index is 12.1. The molecule has 1 aromatic heterocycles. The lowest BCUT2D eigenvalue weighted by Gasteiger charge is -2.11. The Labute approximate surface area is 116 Å². The summed E-state index contributed by atoms with van der Waals surface area (Å²) in [4.78, 5) is 27.5. The molecule has 0 unspecified atom stereocenters. The van der Waals surface area contributed by atoms with E-state index >= 15 is 0 Å². The summed E-state index contributed by atoms with van der Waals surface area (Å²) >= 11 is 0. The molecule has 0 spiro atoms. The molecule has 1 heterocycles. The van der Waals surface area contributed by atoms with Crippen molar-refractivity contribution in [2.24, 2.45) is 0 Å². The minimum absolute atomic E-state index is 0.252. The first-order chi connectivity index (χ1) is 9.63. The molecule has 1 amide bonds. The Kier molecular flexibility index (Phi) is 4.10. The summed E-state index contributed by atoms with van der Waals surface area (Å²) in [6.45, 7) is 1.76. The van der Waals surface area contributed by atoms with Crippen LogP contribution in [0, 0.1) is 6.92 Å². The predicted molar refractivity (Wildman–Crippen MR) is 74.7 cm³/mol. The second-order valence-corrected chi connectivity index (χ2v) is 4.16. The zero-order chi connectivity index (χ0) is 14.5. The quantitative estimate of drug-likeness (QED) is 0.870. The summed E-state index contributed by atoms with van der Waals surface area (Å²) in [7, 11) is 1.32. The molecule has 0 aliphatic carbocycles. The van der Waals surface area contributed by atoms with Crippen molar-refractivity contribution < 1.29 is 14.3 Å². The van der Waals surface area contributed by atoms with Crippen LogP contribution < -0.4 is 5.32 Å². The number of hydrogen-bond acceptors (Lipinski definition) is 4. The van der Waals surface area contributed by atoms with E-state index in [9.17, 15) is 9.59 Å². The van der Waals surface area contributed by atoms with Crippen molar-refractivity contribution in [3.63, 3.8) is 0 Å². The van der Waals surface area contributed by atoms with Crippen LogP contribution in [0.5, 0.6) is 0 Å². The van der Waals surface area contributed by atoms with Crippen LogP contribution in [-0.4, -0.2) is 24.0 Å². The average molecular weight is 270 g/mol. The highest BCUT2D eigenvalue weighted by Crippen LogP contribution is 2.20. The third-order valence-corrected chi connectivity index (χ3v) is 2.93. The highest BCUT2D eigenvalue weighted by Gasteiger charge is 2.13. The molecule has 0 saturated carbocycles. The molecule has 0 aliphatic rings. The fourth-order valence-electron chi connectivity index (χ4n) is 1.80. The van der Waals surface area contributed by atoms with Crippen LogP contribution in [0.4, 0.5) is 5.69 Å². The van der Waals surface area contributed by atoms with Crippen LogP contribution in [0.25, 0.3) is 0 Å². The van der Waals surface area contributed by atoms with Crippen molar-refractivity contribution in [1.29, 1.82) is 0 Å². The van der Waals surface area contributed by atoms with Gasteiger partial charge >= 0.3 is 5.97 Å². The summed E-state index contributed by atoms with van der Waals surface area (Å²) in [5.41, 5.74) is 2.18. The maximum Gasteiger partial charge on any atom is 0.338 e. The molecule has 0 radical (unpaired) electrons. The van der Waals surface area contributed by atoms with Gasteiger partial charge in [0.05, 0.1) is 12.7 Å². The van der Waals surface area contributed by atoms with Crippen LogP contribution in [-0.2, 0) is 4.74 Å². The monoisotopic (exact) mass is 270 g/mol. The number of hydrogen-bond donors (Lipinski definition) is 1. The molecular formula is C15H14N2O3. The Bertz CT molecular complexity index is 639. The summed E-state index contributed by atoms with van der Waals surface area (Å²) < 4.78 is 4.70. The van der Waals surface area contributed by atoms with Gasteiger partial charge in [-0.25, -0.2) is 4.79 Å². The van der Waals surface area contributed by atoms with E-state index in [4.69, 9.17) is 4.74 Å². The van der Waals surface area contributed by atoms with E-state index in [0.29, 0.717) is 22.4 Å². The number of esters is 1. The van der Waals surface area contributed by atoms with Crippen molar-refractivity contribution in [2.45, 2.75) is 6.92 Å². The second kappa shape index (κ2) is 5.97. The molecule has 1 aromatic carbocycles. The zero-order valence-corrected chi connectivity index (χ0v) is 11.2. The SMILES string of the molecule is COC(=O)c1cccc(NC(=O)c2ccncc2)c1C. The van der Waals surface area contributed by atoms with Crippen molar-refractivity contribution >= 4 is 17.6 Å². The van der Waals surface area contributed by atoms with Gasteiger partial charge in [0.15, 0.2) is 0 Å². The number of rotatable bonds is 3. The molecule has 1 N–H and O–H groups in total. The predicted octanol–water partition coefficient (Wildman–Crippen LogP) is 2.43. The molecule has 5 nitrogen and oxygen atoms in total. The molecule has 0 atom stereocenters. The third-order valence-electron chi connectivity index (χ3n) is 2.93. The zero-order valence-electron chi connectivity index (χ0n) is 11.2. The Hall–Kier alpha value is -2.69.